The third kappa shape index (κ3) is 5.08. The second kappa shape index (κ2) is 9.01. The van der Waals surface area contributed by atoms with Gasteiger partial charge in [-0.25, -0.2) is 0 Å². The van der Waals surface area contributed by atoms with Gasteiger partial charge >= 0.3 is 0 Å². The van der Waals surface area contributed by atoms with Gasteiger partial charge in [-0.05, 0) is 37.9 Å². The van der Waals surface area contributed by atoms with E-state index in [9.17, 15) is 9.59 Å². The van der Waals surface area contributed by atoms with Crippen LogP contribution < -0.4 is 26.6 Å². The Hall–Kier alpha value is -3.38. The van der Waals surface area contributed by atoms with Gasteiger partial charge < -0.3 is 19.6 Å². The number of nitrogens with zero attached hydrogens (tertiary/aromatic N) is 1. The second-order valence-electron chi connectivity index (χ2n) is 6.62. The number of aromatic nitrogens is 2. The Labute approximate surface area is 162 Å². The molecule has 0 aliphatic rings. The van der Waals surface area contributed by atoms with E-state index < -0.39 is 0 Å². The van der Waals surface area contributed by atoms with Crippen molar-refractivity contribution in [3.05, 3.63) is 97.1 Å². The van der Waals surface area contributed by atoms with Crippen molar-refractivity contribution in [1.29, 1.82) is 0 Å². The zero-order valence-electron chi connectivity index (χ0n) is 15.9. The third-order valence-corrected chi connectivity index (χ3v) is 4.11. The number of aromatic amines is 2. The van der Waals surface area contributed by atoms with E-state index in [0.29, 0.717) is 12.4 Å². The lowest BCUT2D eigenvalue weighted by Crippen LogP contribution is -2.46. The maximum Gasteiger partial charge on any atom is 0.272 e. The SMILES string of the molecule is CN(C)CCOc1ccccc1C=c1[nH]c(=O)c(=Cc2ccccc2)[nH]c1=O. The number of hydrogen-bond acceptors (Lipinski definition) is 4. The molecular formula is C22H23N3O3. The molecule has 2 aromatic carbocycles. The maximum atomic E-state index is 12.5. The van der Waals surface area contributed by atoms with Gasteiger partial charge in [-0.1, -0.05) is 48.5 Å². The molecule has 3 aromatic rings. The molecule has 0 aliphatic heterocycles. The highest BCUT2D eigenvalue weighted by molar-refractivity contribution is 5.56. The Kier molecular flexibility index (Phi) is 6.24. The monoisotopic (exact) mass is 377 g/mol. The van der Waals surface area contributed by atoms with Crippen molar-refractivity contribution in [2.24, 2.45) is 0 Å². The van der Waals surface area contributed by atoms with Gasteiger partial charge in [0.15, 0.2) is 0 Å². The zero-order chi connectivity index (χ0) is 19.9. The summed E-state index contributed by atoms with van der Waals surface area (Å²) in [5.74, 6) is 0.657. The summed E-state index contributed by atoms with van der Waals surface area (Å²) in [6, 6.07) is 16.7. The highest BCUT2D eigenvalue weighted by Crippen LogP contribution is 2.18. The smallest absolute Gasteiger partial charge is 0.272 e. The van der Waals surface area contributed by atoms with Crippen LogP contribution in [0.2, 0.25) is 0 Å². The molecule has 0 atom stereocenters. The first-order valence-electron chi connectivity index (χ1n) is 9.00. The summed E-state index contributed by atoms with van der Waals surface area (Å²) in [5.41, 5.74) is 0.827. The van der Waals surface area contributed by atoms with Crippen LogP contribution in [-0.4, -0.2) is 42.1 Å². The van der Waals surface area contributed by atoms with Crippen LogP contribution in [0.15, 0.2) is 64.2 Å². The largest absolute Gasteiger partial charge is 0.492 e. The van der Waals surface area contributed by atoms with Crippen LogP contribution in [0.4, 0.5) is 0 Å². The molecule has 144 valence electrons. The Morgan fingerprint density at radius 3 is 2.14 bits per heavy atom. The van der Waals surface area contributed by atoms with Gasteiger partial charge in [-0.3, -0.25) is 9.59 Å². The number of para-hydroxylation sites is 1. The van der Waals surface area contributed by atoms with Crippen molar-refractivity contribution >= 4 is 12.2 Å². The lowest BCUT2D eigenvalue weighted by Gasteiger charge is -2.12. The van der Waals surface area contributed by atoms with E-state index >= 15 is 0 Å². The Bertz CT molecular complexity index is 1160. The fourth-order valence-electron chi connectivity index (χ4n) is 2.64. The quantitative estimate of drug-likeness (QED) is 0.662. The molecule has 28 heavy (non-hydrogen) atoms. The average Bonchev–Trinajstić information content (AvgIpc) is 2.67. The van der Waals surface area contributed by atoms with E-state index in [1.54, 1.807) is 12.2 Å². The number of rotatable bonds is 6. The van der Waals surface area contributed by atoms with Crippen molar-refractivity contribution in [3.63, 3.8) is 0 Å². The topological polar surface area (TPSA) is 78.2 Å². The van der Waals surface area contributed by atoms with E-state index in [2.05, 4.69) is 9.97 Å². The number of benzene rings is 2. The third-order valence-electron chi connectivity index (χ3n) is 4.11. The van der Waals surface area contributed by atoms with Crippen LogP contribution in [0.5, 0.6) is 5.75 Å². The zero-order valence-corrected chi connectivity index (χ0v) is 15.9. The summed E-state index contributed by atoms with van der Waals surface area (Å²) in [5, 5.41) is 0.391. The number of H-pyrrole nitrogens is 2. The summed E-state index contributed by atoms with van der Waals surface area (Å²) in [4.78, 5) is 32.2. The van der Waals surface area contributed by atoms with Gasteiger partial charge in [0.05, 0.1) is 0 Å². The van der Waals surface area contributed by atoms with Gasteiger partial charge in [0.25, 0.3) is 11.1 Å². The van der Waals surface area contributed by atoms with E-state index in [4.69, 9.17) is 4.74 Å². The highest BCUT2D eigenvalue weighted by atomic mass is 16.5. The number of ether oxygens (including phenoxy) is 1. The van der Waals surface area contributed by atoms with Crippen LogP contribution in [-0.2, 0) is 0 Å². The van der Waals surface area contributed by atoms with Crippen LogP contribution >= 0.6 is 0 Å². The molecule has 0 spiro atoms. The fraction of sp³-hybridized carbons (Fsp3) is 0.182. The minimum atomic E-state index is -0.370. The number of hydrogen-bond donors (Lipinski definition) is 2. The van der Waals surface area contributed by atoms with E-state index in [1.807, 2.05) is 73.6 Å². The standard InChI is InChI=1S/C22H23N3O3/c1-25(2)12-13-28-20-11-7-6-10-17(20)15-19-22(27)23-18(21(26)24-19)14-16-8-4-3-5-9-16/h3-11,14-15H,12-13H2,1-2H3,(H,23,27)(H,24,26). The molecule has 1 aromatic heterocycles. The molecular weight excluding hydrogens is 354 g/mol. The van der Waals surface area contributed by atoms with Gasteiger partial charge in [0, 0.05) is 12.1 Å². The molecule has 0 fully saturated rings. The second-order valence-corrected chi connectivity index (χ2v) is 6.62. The minimum Gasteiger partial charge on any atom is -0.492 e. The maximum absolute atomic E-state index is 12.5. The van der Waals surface area contributed by atoms with Crippen molar-refractivity contribution < 1.29 is 4.74 Å². The number of likely N-dealkylation sites (N-methyl/N-ethyl adjacent to an activating group) is 1. The first kappa shape index (κ1) is 19.4. The van der Waals surface area contributed by atoms with Gasteiger partial charge in [0.2, 0.25) is 0 Å². The molecule has 0 unspecified atom stereocenters. The summed E-state index contributed by atoms with van der Waals surface area (Å²) < 4.78 is 5.81. The van der Waals surface area contributed by atoms with E-state index in [1.165, 1.54) is 0 Å². The van der Waals surface area contributed by atoms with Crippen LogP contribution in [0, 0.1) is 0 Å². The Balaban J connectivity index is 1.98. The molecule has 0 radical (unpaired) electrons. The summed E-state index contributed by atoms with van der Waals surface area (Å²) in [6.07, 6.45) is 3.26. The predicted molar refractivity (Wildman–Crippen MR) is 111 cm³/mol. The van der Waals surface area contributed by atoms with Gasteiger partial charge in [0.1, 0.15) is 23.1 Å². The molecule has 0 saturated heterocycles. The summed E-state index contributed by atoms with van der Waals surface area (Å²) in [6.45, 7) is 1.30. The lowest BCUT2D eigenvalue weighted by molar-refractivity contribution is 0.261. The fourth-order valence-corrected chi connectivity index (χ4v) is 2.64. The van der Waals surface area contributed by atoms with Gasteiger partial charge in [-0.2, -0.15) is 0 Å². The molecule has 0 amide bonds. The van der Waals surface area contributed by atoms with Crippen LogP contribution in [0.1, 0.15) is 11.1 Å². The Morgan fingerprint density at radius 1 is 0.857 bits per heavy atom. The predicted octanol–water partition coefficient (Wildman–Crippen LogP) is 0.661. The average molecular weight is 377 g/mol. The van der Waals surface area contributed by atoms with E-state index in [-0.39, 0.29) is 21.8 Å². The summed E-state index contributed by atoms with van der Waals surface area (Å²) in [7, 11) is 3.94. The number of nitrogens with one attached hydrogen (secondary N) is 2. The normalized spacial score (nSPS) is 12.5. The van der Waals surface area contributed by atoms with Gasteiger partial charge in [-0.15, -0.1) is 0 Å². The summed E-state index contributed by atoms with van der Waals surface area (Å²) >= 11 is 0. The van der Waals surface area contributed by atoms with Crippen LogP contribution in [0.25, 0.3) is 12.2 Å². The molecule has 0 aliphatic carbocycles. The first-order valence-corrected chi connectivity index (χ1v) is 9.00. The van der Waals surface area contributed by atoms with Crippen molar-refractivity contribution in [2.75, 3.05) is 27.2 Å². The lowest BCUT2D eigenvalue weighted by atomic mass is 10.2. The molecule has 0 bridgehead atoms. The molecule has 1 heterocycles. The first-order chi connectivity index (χ1) is 13.5. The van der Waals surface area contributed by atoms with Crippen molar-refractivity contribution in [2.45, 2.75) is 0 Å². The Morgan fingerprint density at radius 2 is 1.46 bits per heavy atom. The molecule has 0 saturated carbocycles. The molecule has 3 rings (SSSR count). The minimum absolute atomic E-state index is 0.180. The van der Waals surface area contributed by atoms with Crippen molar-refractivity contribution in [1.82, 2.24) is 14.9 Å². The molecule has 6 heteroatoms. The van der Waals surface area contributed by atoms with Crippen molar-refractivity contribution in [3.8, 4) is 5.75 Å². The van der Waals surface area contributed by atoms with Crippen LogP contribution in [0.3, 0.4) is 0 Å². The molecule has 6 nitrogen and oxygen atoms in total. The highest BCUT2D eigenvalue weighted by Gasteiger charge is 2.03. The molecule has 2 N–H and O–H groups in total. The van der Waals surface area contributed by atoms with E-state index in [0.717, 1.165) is 17.7 Å².